The van der Waals surface area contributed by atoms with E-state index in [9.17, 15) is 9.59 Å². The van der Waals surface area contributed by atoms with E-state index in [2.05, 4.69) is 21.2 Å². The van der Waals surface area contributed by atoms with Crippen molar-refractivity contribution in [3.05, 3.63) is 92.3 Å². The largest absolute Gasteiger partial charge is 0.480 e. The second kappa shape index (κ2) is 9.08. The fourth-order valence-corrected chi connectivity index (χ4v) is 3.32. The normalized spacial score (nSPS) is 11.7. The van der Waals surface area contributed by atoms with Crippen LogP contribution in [0.1, 0.15) is 12.5 Å². The topological polar surface area (TPSA) is 60.3 Å². The van der Waals surface area contributed by atoms with Gasteiger partial charge >= 0.3 is 0 Å². The third-order valence-corrected chi connectivity index (χ3v) is 4.90. The van der Waals surface area contributed by atoms with E-state index in [0.29, 0.717) is 27.5 Å². The highest BCUT2D eigenvalue weighted by atomic mass is 79.9. The molecule has 1 heterocycles. The molecule has 1 unspecified atom stereocenters. The lowest BCUT2D eigenvalue weighted by atomic mass is 10.2. The number of ether oxygens (including phenoxy) is 1. The molecule has 1 amide bonds. The lowest BCUT2D eigenvalue weighted by molar-refractivity contribution is -0.122. The number of pyridine rings is 1. The summed E-state index contributed by atoms with van der Waals surface area (Å²) in [6.07, 6.45) is 1.05. The highest BCUT2D eigenvalue weighted by Crippen LogP contribution is 2.28. The third kappa shape index (κ3) is 5.24. The van der Waals surface area contributed by atoms with Crippen LogP contribution in [0.2, 0.25) is 5.02 Å². The number of benzene rings is 2. The van der Waals surface area contributed by atoms with Gasteiger partial charge in [0.05, 0.1) is 11.0 Å². The van der Waals surface area contributed by atoms with Crippen LogP contribution in [-0.4, -0.2) is 16.6 Å². The maximum absolute atomic E-state index is 12.4. The molecule has 1 N–H and O–H groups in total. The van der Waals surface area contributed by atoms with Crippen molar-refractivity contribution in [2.75, 3.05) is 5.32 Å². The second-order valence-electron chi connectivity index (χ2n) is 6.19. The number of rotatable bonds is 6. The Bertz CT molecular complexity index is 1030. The molecule has 1 aromatic heterocycles. The molecule has 0 aliphatic rings. The number of halogens is 2. The van der Waals surface area contributed by atoms with Crippen molar-refractivity contribution in [3.8, 4) is 5.75 Å². The number of aromatic nitrogens is 1. The lowest BCUT2D eigenvalue weighted by Crippen LogP contribution is -2.30. The molecule has 0 aliphatic carbocycles. The Kier molecular flexibility index (Phi) is 6.54. The quantitative estimate of drug-likeness (QED) is 0.578. The maximum Gasteiger partial charge on any atom is 0.265 e. The van der Waals surface area contributed by atoms with Gasteiger partial charge < -0.3 is 14.6 Å². The first-order valence-electron chi connectivity index (χ1n) is 8.59. The van der Waals surface area contributed by atoms with Crippen LogP contribution < -0.4 is 15.6 Å². The van der Waals surface area contributed by atoms with Crippen molar-refractivity contribution in [1.29, 1.82) is 0 Å². The molecule has 7 heteroatoms. The highest BCUT2D eigenvalue weighted by molar-refractivity contribution is 9.10. The Hall–Kier alpha value is -2.57. The minimum Gasteiger partial charge on any atom is -0.480 e. The molecule has 0 saturated carbocycles. The summed E-state index contributed by atoms with van der Waals surface area (Å²) in [5.74, 6) is 0.268. The summed E-state index contributed by atoms with van der Waals surface area (Å²) in [5.41, 5.74) is 1.56. The van der Waals surface area contributed by atoms with E-state index in [4.69, 9.17) is 16.3 Å². The maximum atomic E-state index is 12.4. The van der Waals surface area contributed by atoms with E-state index in [-0.39, 0.29) is 11.5 Å². The summed E-state index contributed by atoms with van der Waals surface area (Å²) in [7, 11) is 0. The van der Waals surface area contributed by atoms with Crippen molar-refractivity contribution >= 4 is 39.1 Å². The van der Waals surface area contributed by atoms with Crippen LogP contribution in [0.4, 0.5) is 5.69 Å². The fraction of sp³-hybridized carbons (Fsp3) is 0.143. The van der Waals surface area contributed by atoms with Gasteiger partial charge in [-0.2, -0.15) is 0 Å². The fourth-order valence-electron chi connectivity index (χ4n) is 2.54. The van der Waals surface area contributed by atoms with Crippen LogP contribution in [0, 0.1) is 0 Å². The molecule has 1 atom stereocenters. The molecule has 5 nitrogen and oxygen atoms in total. The first-order chi connectivity index (χ1) is 13.4. The predicted octanol–water partition coefficient (Wildman–Crippen LogP) is 4.72. The van der Waals surface area contributed by atoms with E-state index in [1.165, 1.54) is 6.07 Å². The molecule has 0 saturated heterocycles. The predicted molar refractivity (Wildman–Crippen MR) is 114 cm³/mol. The standard InChI is InChI=1S/C21H18BrClN2O3/c1-14(28-19-10-7-16(23)12-18(19)22)21(27)24-17-8-5-15(6-9-17)13-25-11-3-2-4-20(25)26/h2-12,14H,13H2,1H3,(H,24,27). The number of carbonyl (C=O) groups excluding carboxylic acids is 1. The van der Waals surface area contributed by atoms with Gasteiger partial charge in [-0.05, 0) is 64.8 Å². The van der Waals surface area contributed by atoms with Gasteiger partial charge in [0.1, 0.15) is 5.75 Å². The number of nitrogens with one attached hydrogen (secondary N) is 1. The average molecular weight is 462 g/mol. The zero-order valence-electron chi connectivity index (χ0n) is 15.1. The number of hydrogen-bond acceptors (Lipinski definition) is 3. The van der Waals surface area contributed by atoms with Crippen LogP contribution >= 0.6 is 27.5 Å². The number of hydrogen-bond donors (Lipinski definition) is 1. The van der Waals surface area contributed by atoms with E-state index in [1.807, 2.05) is 18.2 Å². The summed E-state index contributed by atoms with van der Waals surface area (Å²) in [4.78, 5) is 24.2. The monoisotopic (exact) mass is 460 g/mol. The van der Waals surface area contributed by atoms with Gasteiger partial charge in [-0.25, -0.2) is 0 Å². The number of amides is 1. The molecule has 0 aliphatic heterocycles. The molecule has 3 aromatic rings. The van der Waals surface area contributed by atoms with Gasteiger partial charge in [0.25, 0.3) is 11.5 Å². The van der Waals surface area contributed by atoms with Crippen molar-refractivity contribution in [2.45, 2.75) is 19.6 Å². The molecule has 28 heavy (non-hydrogen) atoms. The van der Waals surface area contributed by atoms with Crippen molar-refractivity contribution in [2.24, 2.45) is 0 Å². The molecule has 0 fully saturated rings. The Morgan fingerprint density at radius 1 is 1.18 bits per heavy atom. The second-order valence-corrected chi connectivity index (χ2v) is 7.48. The Morgan fingerprint density at radius 2 is 1.93 bits per heavy atom. The molecule has 2 aromatic carbocycles. The van der Waals surface area contributed by atoms with E-state index >= 15 is 0 Å². The Morgan fingerprint density at radius 3 is 2.61 bits per heavy atom. The van der Waals surface area contributed by atoms with Crippen LogP contribution in [0.25, 0.3) is 0 Å². The molecule has 3 rings (SSSR count). The Labute approximate surface area is 176 Å². The summed E-state index contributed by atoms with van der Waals surface area (Å²) in [6, 6.07) is 17.5. The van der Waals surface area contributed by atoms with Gasteiger partial charge in [-0.3, -0.25) is 9.59 Å². The minimum absolute atomic E-state index is 0.0563. The SMILES string of the molecule is CC(Oc1ccc(Cl)cc1Br)C(=O)Nc1ccc(Cn2ccccc2=O)cc1. The van der Waals surface area contributed by atoms with Crippen LogP contribution in [0.15, 0.2) is 76.1 Å². The molecule has 0 radical (unpaired) electrons. The van der Waals surface area contributed by atoms with E-state index < -0.39 is 6.10 Å². The number of nitrogens with zero attached hydrogens (tertiary/aromatic N) is 1. The lowest BCUT2D eigenvalue weighted by Gasteiger charge is -2.16. The number of anilines is 1. The van der Waals surface area contributed by atoms with Crippen LogP contribution in [0.5, 0.6) is 5.75 Å². The van der Waals surface area contributed by atoms with E-state index in [1.54, 1.807) is 54.1 Å². The summed E-state index contributed by atoms with van der Waals surface area (Å²) in [6.45, 7) is 2.14. The molecular weight excluding hydrogens is 444 g/mol. The van der Waals surface area contributed by atoms with Gasteiger partial charge in [0.2, 0.25) is 0 Å². The van der Waals surface area contributed by atoms with Crippen molar-refractivity contribution in [3.63, 3.8) is 0 Å². The van der Waals surface area contributed by atoms with Gasteiger partial charge in [0.15, 0.2) is 6.10 Å². The average Bonchev–Trinajstić information content (AvgIpc) is 2.67. The minimum atomic E-state index is -0.694. The summed E-state index contributed by atoms with van der Waals surface area (Å²) in [5, 5.41) is 3.40. The molecule has 0 spiro atoms. The zero-order valence-corrected chi connectivity index (χ0v) is 17.4. The highest BCUT2D eigenvalue weighted by Gasteiger charge is 2.16. The Balaban J connectivity index is 1.60. The number of carbonyl (C=O) groups is 1. The molecule has 144 valence electrons. The van der Waals surface area contributed by atoms with Crippen molar-refractivity contribution < 1.29 is 9.53 Å². The van der Waals surface area contributed by atoms with Gasteiger partial charge in [-0.1, -0.05) is 29.8 Å². The van der Waals surface area contributed by atoms with Crippen molar-refractivity contribution in [1.82, 2.24) is 4.57 Å². The summed E-state index contributed by atoms with van der Waals surface area (Å²) >= 11 is 9.28. The van der Waals surface area contributed by atoms with Crippen LogP contribution in [-0.2, 0) is 11.3 Å². The van der Waals surface area contributed by atoms with Gasteiger partial charge in [-0.15, -0.1) is 0 Å². The van der Waals surface area contributed by atoms with Crippen LogP contribution in [0.3, 0.4) is 0 Å². The zero-order chi connectivity index (χ0) is 20.1. The molecular formula is C21H18BrClN2O3. The van der Waals surface area contributed by atoms with E-state index in [0.717, 1.165) is 5.56 Å². The third-order valence-electron chi connectivity index (χ3n) is 4.04. The van der Waals surface area contributed by atoms with Gasteiger partial charge in [0, 0.05) is 23.0 Å². The smallest absolute Gasteiger partial charge is 0.265 e. The first kappa shape index (κ1) is 20.2. The molecule has 0 bridgehead atoms. The first-order valence-corrected chi connectivity index (χ1v) is 9.76. The summed E-state index contributed by atoms with van der Waals surface area (Å²) < 4.78 is 7.99.